The Balaban J connectivity index is 1.72. The summed E-state index contributed by atoms with van der Waals surface area (Å²) in [7, 11) is 0. The monoisotopic (exact) mass is 343 g/mol. The fourth-order valence-corrected chi connectivity index (χ4v) is 3.60. The van der Waals surface area contributed by atoms with Crippen LogP contribution in [0.4, 0.5) is 0 Å². The highest BCUT2D eigenvalue weighted by Crippen LogP contribution is 2.23. The van der Waals surface area contributed by atoms with E-state index in [1.54, 1.807) is 0 Å². The van der Waals surface area contributed by atoms with Gasteiger partial charge in [0.1, 0.15) is 0 Å². The first-order valence-electron chi connectivity index (χ1n) is 8.84. The number of carboxylic acids is 1. The Morgan fingerprint density at radius 1 is 1.16 bits per heavy atom. The van der Waals surface area contributed by atoms with Gasteiger partial charge in [0.2, 0.25) is 0 Å². The van der Waals surface area contributed by atoms with Crippen LogP contribution in [0, 0.1) is 0 Å². The molecular weight excluding hydrogens is 318 g/mol. The van der Waals surface area contributed by atoms with Crippen LogP contribution in [0.2, 0.25) is 0 Å². The van der Waals surface area contributed by atoms with Gasteiger partial charge in [0.15, 0.2) is 0 Å². The van der Waals surface area contributed by atoms with Gasteiger partial charge in [-0.15, -0.1) is 0 Å². The minimum Gasteiger partial charge on any atom is -0.481 e. The maximum Gasteiger partial charge on any atom is 0.304 e. The number of hydrogen-bond acceptors (Lipinski definition) is 3. The molecule has 1 aromatic heterocycles. The molecule has 1 saturated heterocycles. The lowest BCUT2D eigenvalue weighted by molar-refractivity contribution is -0.138. The Labute approximate surface area is 147 Å². The summed E-state index contributed by atoms with van der Waals surface area (Å²) in [6.07, 6.45) is 2.09. The molecule has 0 aliphatic carbocycles. The molecule has 1 atom stereocenters. The topological polar surface area (TPSA) is 65.8 Å². The molecule has 1 amide bonds. The zero-order valence-electron chi connectivity index (χ0n) is 14.8. The number of rotatable bonds is 5. The second-order valence-electron chi connectivity index (χ2n) is 6.62. The number of aryl methyl sites for hydroxylation is 1. The van der Waals surface area contributed by atoms with Crippen LogP contribution in [0.25, 0.3) is 10.9 Å². The van der Waals surface area contributed by atoms with Gasteiger partial charge in [-0.25, -0.2) is 0 Å². The smallest absolute Gasteiger partial charge is 0.304 e. The van der Waals surface area contributed by atoms with E-state index in [2.05, 4.69) is 16.4 Å². The number of para-hydroxylation sites is 1. The van der Waals surface area contributed by atoms with E-state index in [-0.39, 0.29) is 18.4 Å². The fraction of sp³-hybridized carbons (Fsp3) is 0.474. The number of amides is 1. The lowest BCUT2D eigenvalue weighted by Gasteiger charge is -2.37. The maximum atomic E-state index is 13.0. The van der Waals surface area contributed by atoms with Gasteiger partial charge in [-0.2, -0.15) is 0 Å². The van der Waals surface area contributed by atoms with E-state index in [1.165, 1.54) is 0 Å². The molecule has 1 unspecified atom stereocenters. The highest BCUT2D eigenvalue weighted by molar-refractivity contribution is 6.07. The van der Waals surface area contributed by atoms with Crippen LogP contribution in [-0.4, -0.2) is 63.6 Å². The van der Waals surface area contributed by atoms with Gasteiger partial charge in [-0.1, -0.05) is 18.2 Å². The van der Waals surface area contributed by atoms with Crippen LogP contribution in [0.15, 0.2) is 30.5 Å². The Morgan fingerprint density at radius 3 is 2.48 bits per heavy atom. The highest BCUT2D eigenvalue weighted by atomic mass is 16.4. The van der Waals surface area contributed by atoms with Crippen LogP contribution >= 0.6 is 0 Å². The Hall–Kier alpha value is -2.34. The van der Waals surface area contributed by atoms with E-state index in [9.17, 15) is 9.59 Å². The van der Waals surface area contributed by atoms with Crippen LogP contribution < -0.4 is 0 Å². The van der Waals surface area contributed by atoms with Crippen molar-refractivity contribution < 1.29 is 14.7 Å². The van der Waals surface area contributed by atoms with Gasteiger partial charge in [0, 0.05) is 55.9 Å². The molecule has 6 nitrogen and oxygen atoms in total. The zero-order valence-corrected chi connectivity index (χ0v) is 14.8. The third-order valence-corrected chi connectivity index (χ3v) is 5.05. The standard InChI is InChI=1S/C19H25N3O3/c1-3-20-13-16(15-6-4-5-7-17(15)20)19(25)22-10-8-21(9-11-22)14(2)12-18(23)24/h4-7,13-14H,3,8-12H2,1-2H3,(H,23,24). The number of hydrogen-bond donors (Lipinski definition) is 1. The SMILES string of the molecule is CCn1cc(C(=O)N2CCN(C(C)CC(=O)O)CC2)c2ccccc21. The molecule has 0 radical (unpaired) electrons. The molecule has 2 heterocycles. The minimum absolute atomic E-state index is 0.00300. The van der Waals surface area contributed by atoms with Gasteiger partial charge < -0.3 is 14.6 Å². The van der Waals surface area contributed by atoms with Gasteiger partial charge in [0.25, 0.3) is 5.91 Å². The summed E-state index contributed by atoms with van der Waals surface area (Å²) in [5, 5.41) is 9.93. The van der Waals surface area contributed by atoms with Crippen molar-refractivity contribution in [3.63, 3.8) is 0 Å². The predicted molar refractivity (Wildman–Crippen MR) is 96.8 cm³/mol. The lowest BCUT2D eigenvalue weighted by atomic mass is 10.1. The van der Waals surface area contributed by atoms with Crippen molar-refractivity contribution in [3.8, 4) is 0 Å². The Kier molecular flexibility index (Phi) is 5.08. The van der Waals surface area contributed by atoms with E-state index in [0.29, 0.717) is 26.2 Å². The zero-order chi connectivity index (χ0) is 18.0. The van der Waals surface area contributed by atoms with E-state index in [1.807, 2.05) is 42.3 Å². The first kappa shape index (κ1) is 17.5. The number of carboxylic acid groups (broad SMARTS) is 1. The quantitative estimate of drug-likeness (QED) is 0.904. The molecule has 2 aromatic rings. The summed E-state index contributed by atoms with van der Waals surface area (Å²) in [5.74, 6) is -0.715. The van der Waals surface area contributed by atoms with Crippen molar-refractivity contribution in [3.05, 3.63) is 36.0 Å². The van der Waals surface area contributed by atoms with E-state index in [0.717, 1.165) is 23.0 Å². The number of fused-ring (bicyclic) bond motifs is 1. The first-order chi connectivity index (χ1) is 12.0. The molecule has 1 aliphatic rings. The van der Waals surface area contributed by atoms with Crippen LogP contribution in [0.1, 0.15) is 30.6 Å². The minimum atomic E-state index is -0.779. The largest absolute Gasteiger partial charge is 0.481 e. The summed E-state index contributed by atoms with van der Waals surface area (Å²) in [4.78, 5) is 27.9. The molecule has 1 fully saturated rings. The third-order valence-electron chi connectivity index (χ3n) is 5.05. The van der Waals surface area contributed by atoms with E-state index in [4.69, 9.17) is 5.11 Å². The second kappa shape index (κ2) is 7.27. The number of carbonyl (C=O) groups is 2. The van der Waals surface area contributed by atoms with Gasteiger partial charge >= 0.3 is 5.97 Å². The fourth-order valence-electron chi connectivity index (χ4n) is 3.60. The van der Waals surface area contributed by atoms with Crippen LogP contribution in [0.5, 0.6) is 0 Å². The average molecular weight is 343 g/mol. The van der Waals surface area contributed by atoms with E-state index < -0.39 is 5.97 Å². The van der Waals surface area contributed by atoms with Crippen LogP contribution in [-0.2, 0) is 11.3 Å². The summed E-state index contributed by atoms with van der Waals surface area (Å²) in [6.45, 7) is 7.53. The van der Waals surface area contributed by atoms with Gasteiger partial charge in [0.05, 0.1) is 12.0 Å². The Bertz CT molecular complexity index is 775. The maximum absolute atomic E-state index is 13.0. The van der Waals surface area contributed by atoms with Crippen molar-refractivity contribution >= 4 is 22.8 Å². The third kappa shape index (κ3) is 3.54. The number of nitrogens with zero attached hydrogens (tertiary/aromatic N) is 3. The summed E-state index contributed by atoms with van der Waals surface area (Å²) >= 11 is 0. The molecule has 1 aliphatic heterocycles. The van der Waals surface area contributed by atoms with Crippen molar-refractivity contribution in [2.75, 3.05) is 26.2 Å². The summed E-state index contributed by atoms with van der Waals surface area (Å²) in [6, 6.07) is 7.99. The molecule has 134 valence electrons. The molecule has 25 heavy (non-hydrogen) atoms. The highest BCUT2D eigenvalue weighted by Gasteiger charge is 2.27. The Morgan fingerprint density at radius 2 is 1.84 bits per heavy atom. The lowest BCUT2D eigenvalue weighted by Crippen LogP contribution is -2.51. The molecule has 1 aromatic carbocycles. The number of aliphatic carboxylic acids is 1. The molecular formula is C19H25N3O3. The average Bonchev–Trinajstić information content (AvgIpc) is 2.99. The molecule has 0 spiro atoms. The normalized spacial score (nSPS) is 17.0. The van der Waals surface area contributed by atoms with Crippen molar-refractivity contribution in [2.24, 2.45) is 0 Å². The van der Waals surface area contributed by atoms with Crippen molar-refractivity contribution in [2.45, 2.75) is 32.9 Å². The number of piperazine rings is 1. The second-order valence-corrected chi connectivity index (χ2v) is 6.62. The number of aromatic nitrogens is 1. The van der Waals surface area contributed by atoms with Crippen molar-refractivity contribution in [1.82, 2.24) is 14.4 Å². The molecule has 1 N–H and O–H groups in total. The predicted octanol–water partition coefficient (Wildman–Crippen LogP) is 2.28. The summed E-state index contributed by atoms with van der Waals surface area (Å²) in [5.41, 5.74) is 1.84. The van der Waals surface area contributed by atoms with Gasteiger partial charge in [-0.05, 0) is 19.9 Å². The van der Waals surface area contributed by atoms with E-state index >= 15 is 0 Å². The molecule has 0 saturated carbocycles. The first-order valence-corrected chi connectivity index (χ1v) is 8.84. The molecule has 0 bridgehead atoms. The van der Waals surface area contributed by atoms with Gasteiger partial charge in [-0.3, -0.25) is 14.5 Å². The number of benzene rings is 1. The van der Waals surface area contributed by atoms with Crippen molar-refractivity contribution in [1.29, 1.82) is 0 Å². The summed E-state index contributed by atoms with van der Waals surface area (Å²) < 4.78 is 2.10. The molecule has 3 rings (SSSR count). The van der Waals surface area contributed by atoms with Crippen LogP contribution in [0.3, 0.4) is 0 Å². The molecule has 6 heteroatoms. The number of carbonyl (C=O) groups excluding carboxylic acids is 1.